The van der Waals surface area contributed by atoms with Gasteiger partial charge in [0, 0.05) is 18.1 Å². The van der Waals surface area contributed by atoms with Crippen LogP contribution in [-0.2, 0) is 30.4 Å². The highest BCUT2D eigenvalue weighted by Crippen LogP contribution is 2.27. The van der Waals surface area contributed by atoms with Crippen molar-refractivity contribution in [2.45, 2.75) is 70.3 Å². The minimum absolute atomic E-state index is 0.00154. The number of nitro groups is 1. The van der Waals surface area contributed by atoms with Crippen LogP contribution >= 0.6 is 0 Å². The summed E-state index contributed by atoms with van der Waals surface area (Å²) in [4.78, 5) is 84.9. The van der Waals surface area contributed by atoms with Gasteiger partial charge in [0.1, 0.15) is 23.8 Å². The van der Waals surface area contributed by atoms with Crippen LogP contribution < -0.4 is 21.3 Å². The topological polar surface area (TPSA) is 275 Å². The number of anilines is 1. The molecule has 0 saturated heterocycles. The Morgan fingerprint density at radius 1 is 0.809 bits per heavy atom. The van der Waals surface area contributed by atoms with E-state index in [2.05, 4.69) is 16.0 Å². The van der Waals surface area contributed by atoms with E-state index in [1.165, 1.54) is 6.07 Å². The van der Waals surface area contributed by atoms with Crippen LogP contribution in [0.25, 0.3) is 0 Å². The molecule has 0 aromatic heterocycles. The number of carboxylic acid groups (broad SMARTS) is 3. The van der Waals surface area contributed by atoms with Crippen LogP contribution in [0.4, 0.5) is 11.4 Å². The van der Waals surface area contributed by atoms with Gasteiger partial charge in [-0.25, -0.2) is 9.59 Å². The van der Waals surface area contributed by atoms with Gasteiger partial charge in [-0.1, -0.05) is 44.2 Å². The molecule has 17 heteroatoms. The number of carboxylic acids is 3. The lowest BCUT2D eigenvalue weighted by Crippen LogP contribution is -2.58. The number of carbonyl (C=O) groups excluding carboxylic acids is 3. The summed E-state index contributed by atoms with van der Waals surface area (Å²) in [7, 11) is 0. The lowest BCUT2D eigenvalue weighted by atomic mass is 10.0. The normalized spacial score (nSPS) is 14.1. The molecule has 3 amide bonds. The Balaban J connectivity index is 2.30. The first-order valence-electron chi connectivity index (χ1n) is 14.4. The molecule has 0 bridgehead atoms. The summed E-state index contributed by atoms with van der Waals surface area (Å²) < 4.78 is 0. The molecule has 2 aromatic rings. The van der Waals surface area contributed by atoms with Crippen LogP contribution in [0.5, 0.6) is 0 Å². The lowest BCUT2D eigenvalue weighted by Gasteiger charge is -2.25. The molecule has 17 nitrogen and oxygen atoms in total. The van der Waals surface area contributed by atoms with Gasteiger partial charge in [0.05, 0.1) is 17.4 Å². The van der Waals surface area contributed by atoms with Crippen molar-refractivity contribution in [1.29, 1.82) is 0 Å². The zero-order valence-electron chi connectivity index (χ0n) is 25.7. The number of nitrogens with zero attached hydrogens (tertiary/aromatic N) is 1. The number of hydrogen-bond acceptors (Lipinski definition) is 10. The van der Waals surface area contributed by atoms with E-state index in [0.29, 0.717) is 5.56 Å². The summed E-state index contributed by atoms with van der Waals surface area (Å²) in [5, 5.41) is 59.0. The molecule has 2 aromatic carbocycles. The second kappa shape index (κ2) is 17.2. The molecule has 2 rings (SSSR count). The highest BCUT2D eigenvalue weighted by molar-refractivity contribution is 6.00. The Morgan fingerprint density at radius 2 is 1.43 bits per heavy atom. The van der Waals surface area contributed by atoms with Crippen molar-refractivity contribution in [1.82, 2.24) is 16.0 Å². The number of hydrogen-bond donors (Lipinski definition) is 8. The van der Waals surface area contributed by atoms with Crippen molar-refractivity contribution in [3.05, 3.63) is 69.8 Å². The average molecular weight is 660 g/mol. The van der Waals surface area contributed by atoms with Gasteiger partial charge in [-0.15, -0.1) is 0 Å². The Bertz CT molecular complexity index is 1480. The molecule has 0 spiro atoms. The second-order valence-electron chi connectivity index (χ2n) is 11.1. The van der Waals surface area contributed by atoms with E-state index < -0.39 is 82.9 Å². The molecule has 0 saturated carbocycles. The van der Waals surface area contributed by atoms with Gasteiger partial charge in [0.15, 0.2) is 6.04 Å². The van der Waals surface area contributed by atoms with Gasteiger partial charge >= 0.3 is 17.9 Å². The van der Waals surface area contributed by atoms with E-state index in [-0.39, 0.29) is 30.0 Å². The van der Waals surface area contributed by atoms with Crippen molar-refractivity contribution in [2.24, 2.45) is 5.92 Å². The largest absolute Gasteiger partial charge is 0.481 e. The number of aliphatic hydroxyl groups is 1. The van der Waals surface area contributed by atoms with Crippen molar-refractivity contribution >= 4 is 47.0 Å². The predicted octanol–water partition coefficient (Wildman–Crippen LogP) is 0.757. The molecule has 47 heavy (non-hydrogen) atoms. The minimum Gasteiger partial charge on any atom is -0.481 e. The predicted molar refractivity (Wildman–Crippen MR) is 164 cm³/mol. The number of nitrogens with one attached hydrogen (secondary N) is 4. The summed E-state index contributed by atoms with van der Waals surface area (Å²) in [6, 6.07) is 5.56. The smallest absolute Gasteiger partial charge is 0.328 e. The van der Waals surface area contributed by atoms with Crippen LogP contribution in [0.1, 0.15) is 49.5 Å². The van der Waals surface area contributed by atoms with Crippen LogP contribution in [0.3, 0.4) is 0 Å². The quantitative estimate of drug-likeness (QED) is 0.0812. The third-order valence-electron chi connectivity index (χ3n) is 6.75. The third-order valence-corrected chi connectivity index (χ3v) is 6.75. The molecule has 0 heterocycles. The van der Waals surface area contributed by atoms with Gasteiger partial charge in [-0.2, -0.15) is 0 Å². The zero-order chi connectivity index (χ0) is 35.4. The fourth-order valence-electron chi connectivity index (χ4n) is 4.43. The van der Waals surface area contributed by atoms with E-state index in [1.807, 2.05) is 5.32 Å². The average Bonchev–Trinajstić information content (AvgIpc) is 2.98. The summed E-state index contributed by atoms with van der Waals surface area (Å²) in [6.07, 6.45) is -2.55. The van der Waals surface area contributed by atoms with Gasteiger partial charge in [-0.3, -0.25) is 29.3 Å². The van der Waals surface area contributed by atoms with E-state index in [4.69, 9.17) is 0 Å². The second-order valence-corrected chi connectivity index (χ2v) is 11.1. The van der Waals surface area contributed by atoms with Gasteiger partial charge in [0.2, 0.25) is 11.8 Å². The number of nitro benzene ring substituents is 1. The number of rotatable bonds is 18. The molecule has 5 unspecified atom stereocenters. The summed E-state index contributed by atoms with van der Waals surface area (Å²) >= 11 is 0. The maximum Gasteiger partial charge on any atom is 0.328 e. The molecular formula is C30H37N5O12. The van der Waals surface area contributed by atoms with Gasteiger partial charge in [-0.05, 0) is 37.0 Å². The SMILES string of the molecule is CC(C)CC(NC(=O)c1ccc(NC(Cc2ccccc2)C(=O)O)c([N+](=O)[O-])c1)C(=O)NC(CC(=O)O)C(=O)NC(C(=O)O)C(C)O. The van der Waals surface area contributed by atoms with Gasteiger partial charge in [0.25, 0.3) is 11.6 Å². The number of carbonyl (C=O) groups is 6. The maximum atomic E-state index is 13.2. The molecule has 0 aliphatic heterocycles. The fraction of sp³-hybridized carbons (Fsp3) is 0.400. The third kappa shape index (κ3) is 11.7. The van der Waals surface area contributed by atoms with E-state index in [1.54, 1.807) is 44.2 Å². The molecule has 5 atom stereocenters. The summed E-state index contributed by atoms with van der Waals surface area (Å²) in [5.74, 6) is -7.80. The van der Waals surface area contributed by atoms with Crippen LogP contribution in [0.2, 0.25) is 0 Å². The van der Waals surface area contributed by atoms with E-state index in [9.17, 15) is 59.3 Å². The minimum atomic E-state index is -1.81. The van der Waals surface area contributed by atoms with Crippen molar-refractivity contribution < 1.29 is 54.1 Å². The lowest BCUT2D eigenvalue weighted by molar-refractivity contribution is -0.384. The monoisotopic (exact) mass is 659 g/mol. The zero-order valence-corrected chi connectivity index (χ0v) is 25.7. The molecular weight excluding hydrogens is 622 g/mol. The Hall–Kier alpha value is -5.58. The standard InChI is InChI=1S/C30H37N5O12/c1-15(2)11-20(27(40)33-21(14-24(37)38)28(41)34-25(16(3)36)30(44)45)32-26(39)18-9-10-19(23(13-18)35(46)47)31-22(29(42)43)12-17-7-5-4-6-8-17/h4-10,13,15-16,20-22,25,31,36H,11-12,14H2,1-3H3,(H,32,39)(H,33,40)(H,34,41)(H,37,38)(H,42,43)(H,44,45). The summed E-state index contributed by atoms with van der Waals surface area (Å²) in [6.45, 7) is 4.49. The molecule has 8 N–H and O–H groups in total. The summed E-state index contributed by atoms with van der Waals surface area (Å²) in [5.41, 5.74) is -0.398. The van der Waals surface area contributed by atoms with Crippen LogP contribution in [0, 0.1) is 16.0 Å². The number of aliphatic hydroxyl groups excluding tert-OH is 1. The van der Waals surface area contributed by atoms with E-state index >= 15 is 0 Å². The highest BCUT2D eigenvalue weighted by Gasteiger charge is 2.33. The first kappa shape index (κ1) is 37.6. The number of amides is 3. The Labute approximate surface area is 268 Å². The molecule has 0 aliphatic carbocycles. The first-order chi connectivity index (χ1) is 22.0. The molecule has 0 fully saturated rings. The van der Waals surface area contributed by atoms with E-state index in [0.717, 1.165) is 19.1 Å². The van der Waals surface area contributed by atoms with Crippen LogP contribution in [-0.4, -0.2) is 91.3 Å². The highest BCUT2D eigenvalue weighted by atomic mass is 16.6. The van der Waals surface area contributed by atoms with Crippen molar-refractivity contribution in [2.75, 3.05) is 5.32 Å². The Kier molecular flexibility index (Phi) is 13.8. The van der Waals surface area contributed by atoms with Crippen molar-refractivity contribution in [3.63, 3.8) is 0 Å². The van der Waals surface area contributed by atoms with Gasteiger partial charge < -0.3 is 41.7 Å². The number of benzene rings is 2. The fourth-order valence-corrected chi connectivity index (χ4v) is 4.43. The van der Waals surface area contributed by atoms with Crippen molar-refractivity contribution in [3.8, 4) is 0 Å². The molecule has 0 radical (unpaired) electrons. The Morgan fingerprint density at radius 3 is 1.94 bits per heavy atom. The molecule has 254 valence electrons. The maximum absolute atomic E-state index is 13.2. The first-order valence-corrected chi connectivity index (χ1v) is 14.4. The van der Waals surface area contributed by atoms with Crippen LogP contribution in [0.15, 0.2) is 48.5 Å². The number of aliphatic carboxylic acids is 3. The molecule has 0 aliphatic rings.